The minimum Gasteiger partial charge on any atom is -0.507 e. The quantitative estimate of drug-likeness (QED) is 0.679. The van der Waals surface area contributed by atoms with Crippen molar-refractivity contribution in [2.24, 2.45) is 0 Å². The summed E-state index contributed by atoms with van der Waals surface area (Å²) in [6, 6.07) is 7.87. The van der Waals surface area contributed by atoms with Crippen LogP contribution in [0.2, 0.25) is 0 Å². The van der Waals surface area contributed by atoms with Crippen molar-refractivity contribution in [3.05, 3.63) is 48.3 Å². The molecule has 1 aromatic carbocycles. The summed E-state index contributed by atoms with van der Waals surface area (Å²) < 4.78 is 0. The number of carbonyl (C=O) groups is 1. The molecule has 8 heteroatoms. The van der Waals surface area contributed by atoms with Gasteiger partial charge in [0.1, 0.15) is 16.3 Å². The van der Waals surface area contributed by atoms with Crippen LogP contribution < -0.4 is 5.32 Å². The highest BCUT2D eigenvalue weighted by Gasteiger charge is 2.11. The van der Waals surface area contributed by atoms with Gasteiger partial charge in [0, 0.05) is 29.7 Å². The van der Waals surface area contributed by atoms with E-state index >= 15 is 0 Å². The van der Waals surface area contributed by atoms with E-state index in [2.05, 4.69) is 20.5 Å². The van der Waals surface area contributed by atoms with Gasteiger partial charge >= 0.3 is 5.97 Å². The second-order valence-electron chi connectivity index (χ2n) is 4.31. The molecule has 0 spiro atoms. The van der Waals surface area contributed by atoms with Gasteiger partial charge in [0.2, 0.25) is 5.13 Å². The molecule has 3 N–H and O–H groups in total. The first-order chi connectivity index (χ1) is 10.6. The number of benzene rings is 1. The lowest BCUT2D eigenvalue weighted by molar-refractivity contribution is 0.0694. The van der Waals surface area contributed by atoms with E-state index in [1.807, 2.05) is 12.1 Å². The Morgan fingerprint density at radius 2 is 1.91 bits per heavy atom. The van der Waals surface area contributed by atoms with Crippen LogP contribution in [-0.4, -0.2) is 31.4 Å². The summed E-state index contributed by atoms with van der Waals surface area (Å²) in [6.45, 7) is 0. The van der Waals surface area contributed by atoms with Crippen LogP contribution in [0, 0.1) is 0 Å². The highest BCUT2D eigenvalue weighted by atomic mass is 32.1. The largest absolute Gasteiger partial charge is 0.507 e. The number of carboxylic acid groups (broad SMARTS) is 1. The first-order valence-corrected chi connectivity index (χ1v) is 7.02. The summed E-state index contributed by atoms with van der Waals surface area (Å²) >= 11 is 1.34. The molecule has 0 bridgehead atoms. The maximum Gasteiger partial charge on any atom is 0.339 e. The average Bonchev–Trinajstić information content (AvgIpc) is 2.96. The highest BCUT2D eigenvalue weighted by Crippen LogP contribution is 2.29. The van der Waals surface area contributed by atoms with E-state index in [0.29, 0.717) is 10.8 Å². The van der Waals surface area contributed by atoms with Gasteiger partial charge in [-0.3, -0.25) is 4.98 Å². The molecular formula is C14H10N4O3S. The van der Waals surface area contributed by atoms with Gasteiger partial charge in [-0.05, 0) is 24.3 Å². The van der Waals surface area contributed by atoms with Crippen LogP contribution in [0.5, 0.6) is 5.75 Å². The van der Waals surface area contributed by atoms with Crippen molar-refractivity contribution >= 4 is 28.1 Å². The minimum atomic E-state index is -1.18. The molecule has 0 saturated carbocycles. The first kappa shape index (κ1) is 14.0. The molecule has 0 atom stereocenters. The van der Waals surface area contributed by atoms with Gasteiger partial charge < -0.3 is 15.5 Å². The zero-order valence-electron chi connectivity index (χ0n) is 11.1. The number of rotatable bonds is 4. The maximum absolute atomic E-state index is 10.8. The number of aromatic nitrogens is 3. The second kappa shape index (κ2) is 5.78. The van der Waals surface area contributed by atoms with E-state index in [4.69, 9.17) is 5.11 Å². The minimum absolute atomic E-state index is 0.153. The smallest absolute Gasteiger partial charge is 0.339 e. The van der Waals surface area contributed by atoms with E-state index in [0.717, 1.165) is 10.6 Å². The summed E-state index contributed by atoms with van der Waals surface area (Å²) in [5.41, 5.74) is 1.28. The number of aromatic hydroxyl groups is 1. The van der Waals surface area contributed by atoms with E-state index in [-0.39, 0.29) is 11.3 Å². The molecule has 0 aliphatic carbocycles. The Labute approximate surface area is 128 Å². The van der Waals surface area contributed by atoms with Crippen molar-refractivity contribution in [1.82, 2.24) is 15.2 Å². The fourth-order valence-electron chi connectivity index (χ4n) is 1.80. The highest BCUT2D eigenvalue weighted by molar-refractivity contribution is 7.18. The molecule has 0 aliphatic rings. The topological polar surface area (TPSA) is 108 Å². The lowest BCUT2D eigenvalue weighted by atomic mass is 10.2. The Morgan fingerprint density at radius 1 is 1.14 bits per heavy atom. The molecule has 3 aromatic rings. The molecule has 0 amide bonds. The predicted molar refractivity (Wildman–Crippen MR) is 81.5 cm³/mol. The van der Waals surface area contributed by atoms with E-state index in [1.54, 1.807) is 18.5 Å². The summed E-state index contributed by atoms with van der Waals surface area (Å²) in [5, 5.41) is 30.9. The number of aromatic carboxylic acids is 1. The van der Waals surface area contributed by atoms with Gasteiger partial charge in [0.25, 0.3) is 0 Å². The van der Waals surface area contributed by atoms with Gasteiger partial charge in [0.05, 0.1) is 0 Å². The predicted octanol–water partition coefficient (Wildman–Crippen LogP) is 2.75. The van der Waals surface area contributed by atoms with Crippen LogP contribution in [0.15, 0.2) is 42.7 Å². The number of nitrogens with zero attached hydrogens (tertiary/aromatic N) is 3. The van der Waals surface area contributed by atoms with Crippen LogP contribution in [0.25, 0.3) is 10.6 Å². The number of anilines is 2. The van der Waals surface area contributed by atoms with Crippen molar-refractivity contribution in [3.63, 3.8) is 0 Å². The van der Waals surface area contributed by atoms with Crippen molar-refractivity contribution < 1.29 is 15.0 Å². The van der Waals surface area contributed by atoms with Crippen molar-refractivity contribution in [2.75, 3.05) is 5.32 Å². The summed E-state index contributed by atoms with van der Waals surface area (Å²) in [6.07, 6.45) is 3.35. The Hall–Kier alpha value is -3.00. The lowest BCUT2D eigenvalue weighted by Gasteiger charge is -2.04. The number of phenols is 1. The molecule has 2 heterocycles. The van der Waals surface area contributed by atoms with Crippen LogP contribution in [-0.2, 0) is 0 Å². The van der Waals surface area contributed by atoms with Gasteiger partial charge in [-0.1, -0.05) is 11.3 Å². The maximum atomic E-state index is 10.8. The number of carboxylic acids is 1. The summed E-state index contributed by atoms with van der Waals surface area (Å²) in [5.74, 6) is -1.49. The molecule has 22 heavy (non-hydrogen) atoms. The Morgan fingerprint density at radius 3 is 2.59 bits per heavy atom. The number of nitrogens with one attached hydrogen (secondary N) is 1. The van der Waals surface area contributed by atoms with Gasteiger partial charge in [-0.15, -0.1) is 10.2 Å². The van der Waals surface area contributed by atoms with Crippen molar-refractivity contribution in [3.8, 4) is 16.3 Å². The lowest BCUT2D eigenvalue weighted by Crippen LogP contribution is -1.97. The second-order valence-corrected chi connectivity index (χ2v) is 5.29. The molecule has 0 saturated heterocycles. The van der Waals surface area contributed by atoms with Gasteiger partial charge in [-0.25, -0.2) is 4.79 Å². The van der Waals surface area contributed by atoms with E-state index in [9.17, 15) is 9.90 Å². The normalized spacial score (nSPS) is 10.4. The molecule has 0 unspecified atom stereocenters. The fraction of sp³-hybridized carbons (Fsp3) is 0. The van der Waals surface area contributed by atoms with E-state index in [1.165, 1.54) is 23.5 Å². The Kier molecular flexibility index (Phi) is 3.67. The SMILES string of the molecule is O=C(O)c1ccc(Nc2nnc(-c3ccncc3)s2)cc1O. The monoisotopic (exact) mass is 314 g/mol. The Balaban J connectivity index is 1.81. The third-order valence-electron chi connectivity index (χ3n) is 2.83. The molecule has 0 aliphatic heterocycles. The van der Waals surface area contributed by atoms with E-state index < -0.39 is 5.97 Å². The fourth-order valence-corrected chi connectivity index (χ4v) is 2.57. The Bertz CT molecular complexity index is 820. The zero-order valence-corrected chi connectivity index (χ0v) is 11.9. The van der Waals surface area contributed by atoms with Crippen LogP contribution in [0.1, 0.15) is 10.4 Å². The molecular weight excluding hydrogens is 304 g/mol. The third kappa shape index (κ3) is 2.86. The van der Waals surface area contributed by atoms with Crippen molar-refractivity contribution in [2.45, 2.75) is 0 Å². The van der Waals surface area contributed by atoms with Gasteiger partial charge in [-0.2, -0.15) is 0 Å². The van der Waals surface area contributed by atoms with Crippen LogP contribution in [0.3, 0.4) is 0 Å². The van der Waals surface area contributed by atoms with Crippen LogP contribution >= 0.6 is 11.3 Å². The molecule has 7 nitrogen and oxygen atoms in total. The summed E-state index contributed by atoms with van der Waals surface area (Å²) in [4.78, 5) is 14.8. The van der Waals surface area contributed by atoms with Crippen LogP contribution in [0.4, 0.5) is 10.8 Å². The molecule has 0 radical (unpaired) electrons. The molecule has 110 valence electrons. The van der Waals surface area contributed by atoms with Gasteiger partial charge in [0.15, 0.2) is 0 Å². The third-order valence-corrected chi connectivity index (χ3v) is 3.72. The number of pyridine rings is 1. The average molecular weight is 314 g/mol. The zero-order chi connectivity index (χ0) is 15.5. The number of hydrogen-bond acceptors (Lipinski definition) is 7. The molecule has 3 rings (SSSR count). The first-order valence-electron chi connectivity index (χ1n) is 6.21. The molecule has 2 aromatic heterocycles. The van der Waals surface area contributed by atoms with Crippen molar-refractivity contribution in [1.29, 1.82) is 0 Å². The number of hydrogen-bond donors (Lipinski definition) is 3. The summed E-state index contributed by atoms with van der Waals surface area (Å²) in [7, 11) is 0. The molecule has 0 fully saturated rings. The standard InChI is InChI=1S/C14H10N4O3S/c19-11-7-9(1-2-10(11)13(20)21)16-14-18-17-12(22-14)8-3-5-15-6-4-8/h1-7,19H,(H,16,18)(H,20,21).